The van der Waals surface area contributed by atoms with Crippen molar-refractivity contribution in [1.82, 2.24) is 9.97 Å². The molecule has 0 aliphatic carbocycles. The standard InChI is InChI=1S/C18H21N3S/c1-5-14-6-8-15(9-7-14)12(3)21-17-16-11(2)13(4)22-18(16)20-10-19-17/h6-10,12H,5H2,1-4H3,(H,19,20,21)/t12-/m1/s1. The highest BCUT2D eigenvalue weighted by molar-refractivity contribution is 7.18. The lowest BCUT2D eigenvalue weighted by Crippen LogP contribution is -2.08. The van der Waals surface area contributed by atoms with E-state index in [9.17, 15) is 0 Å². The van der Waals surface area contributed by atoms with Gasteiger partial charge in [0.15, 0.2) is 0 Å². The highest BCUT2D eigenvalue weighted by Gasteiger charge is 2.14. The van der Waals surface area contributed by atoms with E-state index in [0.29, 0.717) is 0 Å². The van der Waals surface area contributed by atoms with Crippen molar-refractivity contribution in [3.05, 3.63) is 52.2 Å². The fourth-order valence-electron chi connectivity index (χ4n) is 2.62. The van der Waals surface area contributed by atoms with Gasteiger partial charge in [0.1, 0.15) is 17.0 Å². The van der Waals surface area contributed by atoms with Crippen LogP contribution in [0.2, 0.25) is 0 Å². The number of hydrogen-bond donors (Lipinski definition) is 1. The van der Waals surface area contributed by atoms with Crippen LogP contribution in [0.3, 0.4) is 0 Å². The Kier molecular flexibility index (Phi) is 4.12. The number of aromatic nitrogens is 2. The maximum atomic E-state index is 4.46. The molecule has 4 heteroatoms. The molecule has 1 aromatic carbocycles. The van der Waals surface area contributed by atoms with Crippen molar-refractivity contribution in [2.24, 2.45) is 0 Å². The first-order chi connectivity index (χ1) is 10.6. The van der Waals surface area contributed by atoms with Crippen LogP contribution in [0.1, 0.15) is 41.5 Å². The molecule has 0 aliphatic heterocycles. The summed E-state index contributed by atoms with van der Waals surface area (Å²) in [5, 5.41) is 4.70. The van der Waals surface area contributed by atoms with Gasteiger partial charge >= 0.3 is 0 Å². The summed E-state index contributed by atoms with van der Waals surface area (Å²) in [6, 6.07) is 9.00. The van der Waals surface area contributed by atoms with Gasteiger partial charge in [0.05, 0.1) is 5.39 Å². The molecule has 0 saturated heterocycles. The highest BCUT2D eigenvalue weighted by Crippen LogP contribution is 2.33. The normalized spacial score (nSPS) is 12.5. The van der Waals surface area contributed by atoms with E-state index in [-0.39, 0.29) is 6.04 Å². The van der Waals surface area contributed by atoms with Crippen molar-refractivity contribution in [3.63, 3.8) is 0 Å². The first-order valence-electron chi connectivity index (χ1n) is 7.66. The van der Waals surface area contributed by atoms with Crippen LogP contribution in [0.4, 0.5) is 5.82 Å². The molecule has 114 valence electrons. The van der Waals surface area contributed by atoms with Crippen LogP contribution >= 0.6 is 11.3 Å². The van der Waals surface area contributed by atoms with Crippen molar-refractivity contribution in [1.29, 1.82) is 0 Å². The van der Waals surface area contributed by atoms with Crippen LogP contribution in [0, 0.1) is 13.8 Å². The zero-order valence-electron chi connectivity index (χ0n) is 13.5. The second-order valence-corrected chi connectivity index (χ2v) is 6.85. The molecular weight excluding hydrogens is 290 g/mol. The lowest BCUT2D eigenvalue weighted by molar-refractivity contribution is 0.874. The zero-order chi connectivity index (χ0) is 15.7. The van der Waals surface area contributed by atoms with E-state index < -0.39 is 0 Å². The third-order valence-electron chi connectivity index (χ3n) is 4.21. The molecule has 0 unspecified atom stereocenters. The quantitative estimate of drug-likeness (QED) is 0.733. The van der Waals surface area contributed by atoms with Gasteiger partial charge < -0.3 is 5.32 Å². The molecule has 3 nitrogen and oxygen atoms in total. The molecule has 0 bridgehead atoms. The van der Waals surface area contributed by atoms with E-state index in [1.807, 2.05) is 0 Å². The Morgan fingerprint density at radius 1 is 1.14 bits per heavy atom. The summed E-state index contributed by atoms with van der Waals surface area (Å²) in [5.41, 5.74) is 3.91. The summed E-state index contributed by atoms with van der Waals surface area (Å²) in [5.74, 6) is 0.930. The molecule has 0 saturated carbocycles. The zero-order valence-corrected chi connectivity index (χ0v) is 14.3. The molecule has 0 amide bonds. The first kappa shape index (κ1) is 15.0. The van der Waals surface area contributed by atoms with Gasteiger partial charge in [-0.25, -0.2) is 9.97 Å². The van der Waals surface area contributed by atoms with Crippen LogP contribution in [0.5, 0.6) is 0 Å². The molecule has 3 rings (SSSR count). The molecule has 1 N–H and O–H groups in total. The maximum Gasteiger partial charge on any atom is 0.138 e. The summed E-state index contributed by atoms with van der Waals surface area (Å²) >= 11 is 1.73. The number of fused-ring (bicyclic) bond motifs is 1. The molecular formula is C18H21N3S. The summed E-state index contributed by atoms with van der Waals surface area (Å²) in [6.07, 6.45) is 2.72. The minimum atomic E-state index is 0.212. The fourth-order valence-corrected chi connectivity index (χ4v) is 3.62. The second kappa shape index (κ2) is 6.05. The Morgan fingerprint density at radius 2 is 1.86 bits per heavy atom. The second-order valence-electron chi connectivity index (χ2n) is 5.65. The van der Waals surface area contributed by atoms with Crippen molar-refractivity contribution in [3.8, 4) is 0 Å². The number of thiophene rings is 1. The van der Waals surface area contributed by atoms with Crippen LogP contribution in [0.25, 0.3) is 10.2 Å². The summed E-state index contributed by atoms with van der Waals surface area (Å²) in [7, 11) is 0. The molecule has 0 radical (unpaired) electrons. The Labute approximate surface area is 135 Å². The predicted octanol–water partition coefficient (Wildman–Crippen LogP) is 5.04. The van der Waals surface area contributed by atoms with Crippen LogP contribution < -0.4 is 5.32 Å². The molecule has 2 aromatic heterocycles. The van der Waals surface area contributed by atoms with Crippen molar-refractivity contribution in [2.75, 3.05) is 5.32 Å². The average molecular weight is 311 g/mol. The van der Waals surface area contributed by atoms with Crippen LogP contribution in [-0.2, 0) is 6.42 Å². The van der Waals surface area contributed by atoms with E-state index in [0.717, 1.165) is 22.5 Å². The summed E-state index contributed by atoms with van der Waals surface area (Å²) < 4.78 is 0. The number of anilines is 1. The lowest BCUT2D eigenvalue weighted by atomic mass is 10.0. The lowest BCUT2D eigenvalue weighted by Gasteiger charge is -2.16. The van der Waals surface area contributed by atoms with E-state index in [4.69, 9.17) is 0 Å². The van der Waals surface area contributed by atoms with Gasteiger partial charge in [-0.15, -0.1) is 11.3 Å². The topological polar surface area (TPSA) is 37.8 Å². The molecule has 1 atom stereocenters. The predicted molar refractivity (Wildman–Crippen MR) is 94.7 cm³/mol. The first-order valence-corrected chi connectivity index (χ1v) is 8.48. The molecule has 0 spiro atoms. The third-order valence-corrected chi connectivity index (χ3v) is 5.32. The molecule has 2 heterocycles. The Hall–Kier alpha value is -1.94. The number of aryl methyl sites for hydroxylation is 3. The smallest absolute Gasteiger partial charge is 0.138 e. The SMILES string of the molecule is CCc1ccc([C@@H](C)Nc2ncnc3sc(C)c(C)c23)cc1. The van der Waals surface area contributed by atoms with Gasteiger partial charge in [-0.1, -0.05) is 31.2 Å². The maximum absolute atomic E-state index is 4.46. The third kappa shape index (κ3) is 2.71. The largest absolute Gasteiger partial charge is 0.363 e. The van der Waals surface area contributed by atoms with E-state index in [1.165, 1.54) is 21.6 Å². The molecule has 3 aromatic rings. The highest BCUT2D eigenvalue weighted by atomic mass is 32.1. The van der Waals surface area contributed by atoms with Gasteiger partial charge in [0, 0.05) is 10.9 Å². The van der Waals surface area contributed by atoms with Gasteiger partial charge in [-0.05, 0) is 43.9 Å². The minimum absolute atomic E-state index is 0.212. The Morgan fingerprint density at radius 3 is 2.55 bits per heavy atom. The van der Waals surface area contributed by atoms with Crippen LogP contribution in [-0.4, -0.2) is 9.97 Å². The van der Waals surface area contributed by atoms with Crippen molar-refractivity contribution < 1.29 is 0 Å². The number of nitrogens with zero attached hydrogens (tertiary/aromatic N) is 2. The van der Waals surface area contributed by atoms with Gasteiger partial charge in [0.2, 0.25) is 0 Å². The van der Waals surface area contributed by atoms with Gasteiger partial charge in [-0.2, -0.15) is 0 Å². The van der Waals surface area contributed by atoms with E-state index in [2.05, 4.69) is 67.2 Å². The Bertz CT molecular complexity index is 790. The van der Waals surface area contributed by atoms with Gasteiger partial charge in [0.25, 0.3) is 0 Å². The summed E-state index contributed by atoms with van der Waals surface area (Å²) in [6.45, 7) is 8.63. The number of nitrogens with one attached hydrogen (secondary N) is 1. The monoisotopic (exact) mass is 311 g/mol. The van der Waals surface area contributed by atoms with E-state index in [1.54, 1.807) is 17.7 Å². The summed E-state index contributed by atoms with van der Waals surface area (Å²) in [4.78, 5) is 11.2. The van der Waals surface area contributed by atoms with Crippen molar-refractivity contribution >= 4 is 27.4 Å². The molecule has 0 aliphatic rings. The van der Waals surface area contributed by atoms with Crippen LogP contribution in [0.15, 0.2) is 30.6 Å². The van der Waals surface area contributed by atoms with Gasteiger partial charge in [-0.3, -0.25) is 0 Å². The Balaban J connectivity index is 1.91. The van der Waals surface area contributed by atoms with Crippen molar-refractivity contribution in [2.45, 2.75) is 40.2 Å². The number of rotatable bonds is 4. The average Bonchev–Trinajstić information content (AvgIpc) is 2.83. The minimum Gasteiger partial charge on any atom is -0.363 e. The molecule has 0 fully saturated rings. The fraction of sp³-hybridized carbons (Fsp3) is 0.333. The molecule has 22 heavy (non-hydrogen) atoms. The number of hydrogen-bond acceptors (Lipinski definition) is 4. The van der Waals surface area contributed by atoms with E-state index >= 15 is 0 Å². The number of benzene rings is 1.